The molecule has 2 rings (SSSR count). The molecule has 1 saturated heterocycles. The maximum absolute atomic E-state index is 11.9. The van der Waals surface area contributed by atoms with Crippen LogP contribution < -0.4 is 0 Å². The number of ether oxygens (including phenoxy) is 3. The molecule has 0 radical (unpaired) electrons. The van der Waals surface area contributed by atoms with E-state index in [2.05, 4.69) is 13.8 Å². The average Bonchev–Trinajstić information content (AvgIpc) is 2.90. The summed E-state index contributed by atoms with van der Waals surface area (Å²) < 4.78 is 17.4. The van der Waals surface area contributed by atoms with E-state index < -0.39 is 5.79 Å². The van der Waals surface area contributed by atoms with E-state index in [1.807, 2.05) is 20.8 Å². The van der Waals surface area contributed by atoms with Gasteiger partial charge in [0.25, 0.3) is 0 Å². The number of fused-ring (bicyclic) bond motifs is 1. The topological polar surface area (TPSA) is 44.8 Å². The van der Waals surface area contributed by atoms with Crippen LogP contribution in [0.5, 0.6) is 0 Å². The maximum atomic E-state index is 11.9. The second-order valence-electron chi connectivity index (χ2n) is 8.01. The fourth-order valence-corrected chi connectivity index (χ4v) is 4.08. The van der Waals surface area contributed by atoms with Gasteiger partial charge in [-0.1, -0.05) is 33.1 Å². The van der Waals surface area contributed by atoms with E-state index in [-0.39, 0.29) is 24.1 Å². The minimum atomic E-state index is -0.529. The van der Waals surface area contributed by atoms with Crippen LogP contribution >= 0.6 is 0 Å². The molecule has 4 nitrogen and oxygen atoms in total. The summed E-state index contributed by atoms with van der Waals surface area (Å²) in [6.45, 7) is 10.8. The summed E-state index contributed by atoms with van der Waals surface area (Å²) in [5.74, 6) is 0.876. The van der Waals surface area contributed by atoms with Gasteiger partial charge in [-0.15, -0.1) is 0 Å². The van der Waals surface area contributed by atoms with Crippen LogP contribution in [0.2, 0.25) is 0 Å². The third kappa shape index (κ3) is 5.18. The predicted molar refractivity (Wildman–Crippen MR) is 90.0 cm³/mol. The van der Waals surface area contributed by atoms with Crippen LogP contribution in [0, 0.1) is 17.8 Å². The van der Waals surface area contributed by atoms with Crippen molar-refractivity contribution in [2.45, 2.75) is 91.1 Å². The molecule has 0 aromatic heterocycles. The SMILES string of the molecule is CCOC(=O)C[C@H]1C[C@@H](CCCCC(C)C)[C@@H]2OC(C)(C)O[C@H]12. The van der Waals surface area contributed by atoms with Crippen LogP contribution in [0.3, 0.4) is 0 Å². The van der Waals surface area contributed by atoms with E-state index >= 15 is 0 Å². The summed E-state index contributed by atoms with van der Waals surface area (Å²) in [6, 6.07) is 0. The van der Waals surface area contributed by atoms with Crippen LogP contribution in [-0.4, -0.2) is 30.6 Å². The van der Waals surface area contributed by atoms with Gasteiger partial charge in [-0.2, -0.15) is 0 Å². The Morgan fingerprint density at radius 2 is 1.83 bits per heavy atom. The first-order chi connectivity index (χ1) is 10.8. The first kappa shape index (κ1) is 18.7. The van der Waals surface area contributed by atoms with Crippen molar-refractivity contribution < 1.29 is 19.0 Å². The van der Waals surface area contributed by atoms with Crippen molar-refractivity contribution in [2.24, 2.45) is 17.8 Å². The fraction of sp³-hybridized carbons (Fsp3) is 0.947. The molecule has 0 spiro atoms. The number of unbranched alkanes of at least 4 members (excludes halogenated alkanes) is 1. The maximum Gasteiger partial charge on any atom is 0.306 e. The van der Waals surface area contributed by atoms with Crippen LogP contribution in [0.1, 0.15) is 73.1 Å². The lowest BCUT2D eigenvalue weighted by Crippen LogP contribution is -2.27. The van der Waals surface area contributed by atoms with Crippen molar-refractivity contribution in [3.63, 3.8) is 0 Å². The van der Waals surface area contributed by atoms with Gasteiger partial charge in [-0.25, -0.2) is 0 Å². The summed E-state index contributed by atoms with van der Waals surface area (Å²) in [7, 11) is 0. The van der Waals surface area contributed by atoms with Gasteiger partial charge >= 0.3 is 5.97 Å². The minimum Gasteiger partial charge on any atom is -0.466 e. The van der Waals surface area contributed by atoms with Crippen LogP contribution in [-0.2, 0) is 19.0 Å². The van der Waals surface area contributed by atoms with Gasteiger partial charge in [0.1, 0.15) is 0 Å². The highest BCUT2D eigenvalue weighted by Crippen LogP contribution is 2.47. The van der Waals surface area contributed by atoms with Crippen molar-refractivity contribution in [3.05, 3.63) is 0 Å². The Kier molecular flexibility index (Phi) is 6.49. The highest BCUT2D eigenvalue weighted by molar-refractivity contribution is 5.69. The quantitative estimate of drug-likeness (QED) is 0.492. The largest absolute Gasteiger partial charge is 0.466 e. The number of carbonyl (C=O) groups excluding carboxylic acids is 1. The van der Waals surface area contributed by atoms with Crippen molar-refractivity contribution in [3.8, 4) is 0 Å². The van der Waals surface area contributed by atoms with Crippen molar-refractivity contribution >= 4 is 5.97 Å². The second kappa shape index (κ2) is 7.98. The van der Waals surface area contributed by atoms with Crippen molar-refractivity contribution in [1.29, 1.82) is 0 Å². The normalized spacial score (nSPS) is 32.3. The lowest BCUT2D eigenvalue weighted by molar-refractivity contribution is -0.165. The summed E-state index contributed by atoms with van der Waals surface area (Å²) in [5.41, 5.74) is 0. The monoisotopic (exact) mass is 326 g/mol. The summed E-state index contributed by atoms with van der Waals surface area (Å²) in [6.07, 6.45) is 6.64. The molecule has 0 bridgehead atoms. The van der Waals surface area contributed by atoms with Gasteiger partial charge in [0.2, 0.25) is 0 Å². The molecule has 0 N–H and O–H groups in total. The Hall–Kier alpha value is -0.610. The number of carbonyl (C=O) groups is 1. The molecule has 1 aliphatic heterocycles. The van der Waals surface area contributed by atoms with E-state index in [1.165, 1.54) is 25.7 Å². The van der Waals surface area contributed by atoms with Crippen molar-refractivity contribution in [2.75, 3.05) is 6.61 Å². The first-order valence-corrected chi connectivity index (χ1v) is 9.33. The molecule has 1 heterocycles. The smallest absolute Gasteiger partial charge is 0.306 e. The van der Waals surface area contributed by atoms with Crippen LogP contribution in [0.25, 0.3) is 0 Å². The van der Waals surface area contributed by atoms with Gasteiger partial charge in [-0.05, 0) is 51.4 Å². The lowest BCUT2D eigenvalue weighted by Gasteiger charge is -2.23. The summed E-state index contributed by atoms with van der Waals surface area (Å²) in [4.78, 5) is 11.9. The Morgan fingerprint density at radius 3 is 2.43 bits per heavy atom. The number of hydrogen-bond donors (Lipinski definition) is 0. The predicted octanol–water partition coefficient (Wildman–Crippen LogP) is 4.31. The molecular weight excluding hydrogens is 292 g/mol. The molecule has 2 aliphatic rings. The molecule has 23 heavy (non-hydrogen) atoms. The second-order valence-corrected chi connectivity index (χ2v) is 8.01. The molecule has 4 heteroatoms. The standard InChI is InChI=1S/C19H34O4/c1-6-21-16(20)12-15-11-14(10-8-7-9-13(2)3)17-18(15)23-19(4,5)22-17/h13-15,17-18H,6-12H2,1-5H3/t14-,15-,17+,18-/m1/s1. The minimum absolute atomic E-state index is 0.0458. The lowest BCUT2D eigenvalue weighted by atomic mass is 9.94. The molecule has 0 amide bonds. The first-order valence-electron chi connectivity index (χ1n) is 9.33. The molecule has 0 aromatic rings. The molecule has 1 aliphatic carbocycles. The number of rotatable bonds is 8. The third-order valence-corrected chi connectivity index (χ3v) is 5.04. The Bertz CT molecular complexity index is 391. The summed E-state index contributed by atoms with van der Waals surface area (Å²) >= 11 is 0. The Balaban J connectivity index is 1.91. The van der Waals surface area contributed by atoms with Gasteiger partial charge in [-0.3, -0.25) is 4.79 Å². The molecular formula is C19H34O4. The molecule has 0 aromatic carbocycles. The van der Waals surface area contributed by atoms with Gasteiger partial charge in [0.15, 0.2) is 5.79 Å². The Labute approximate surface area is 141 Å². The Morgan fingerprint density at radius 1 is 1.17 bits per heavy atom. The van der Waals surface area contributed by atoms with Crippen molar-refractivity contribution in [1.82, 2.24) is 0 Å². The number of esters is 1. The highest BCUT2D eigenvalue weighted by Gasteiger charge is 2.53. The zero-order chi connectivity index (χ0) is 17.0. The zero-order valence-electron chi connectivity index (χ0n) is 15.5. The van der Waals surface area contributed by atoms with E-state index in [4.69, 9.17) is 14.2 Å². The summed E-state index contributed by atoms with van der Waals surface area (Å²) in [5, 5.41) is 0. The van der Waals surface area contributed by atoms with Gasteiger partial charge in [0, 0.05) is 0 Å². The van der Waals surface area contributed by atoms with E-state index in [1.54, 1.807) is 0 Å². The van der Waals surface area contributed by atoms with E-state index in [9.17, 15) is 4.79 Å². The molecule has 134 valence electrons. The van der Waals surface area contributed by atoms with E-state index in [0.29, 0.717) is 18.9 Å². The zero-order valence-corrected chi connectivity index (χ0v) is 15.5. The average molecular weight is 326 g/mol. The highest BCUT2D eigenvalue weighted by atomic mass is 16.8. The number of hydrogen-bond acceptors (Lipinski definition) is 4. The van der Waals surface area contributed by atoms with Crippen LogP contribution in [0.4, 0.5) is 0 Å². The molecule has 1 saturated carbocycles. The van der Waals surface area contributed by atoms with Crippen LogP contribution in [0.15, 0.2) is 0 Å². The molecule has 2 fully saturated rings. The molecule has 0 unspecified atom stereocenters. The van der Waals surface area contributed by atoms with E-state index in [0.717, 1.165) is 12.3 Å². The molecule has 4 atom stereocenters. The fourth-order valence-electron chi connectivity index (χ4n) is 4.08. The third-order valence-electron chi connectivity index (χ3n) is 5.04. The van der Waals surface area contributed by atoms with Gasteiger partial charge in [0.05, 0.1) is 25.2 Å². The van der Waals surface area contributed by atoms with Gasteiger partial charge < -0.3 is 14.2 Å².